The number of ether oxygens (including phenoxy) is 14. The zero-order valence-electron chi connectivity index (χ0n) is 48.4. The molecule has 0 saturated carbocycles. The van der Waals surface area contributed by atoms with E-state index in [1.165, 1.54) is 53.4 Å². The Bertz CT molecular complexity index is 3540. The van der Waals surface area contributed by atoms with Crippen LogP contribution in [0.15, 0.2) is 84.9 Å². The van der Waals surface area contributed by atoms with Crippen molar-refractivity contribution in [3.05, 3.63) is 124 Å². The molecule has 29 nitrogen and oxygen atoms in total. The van der Waals surface area contributed by atoms with E-state index in [1.54, 1.807) is 6.07 Å². The van der Waals surface area contributed by atoms with Crippen LogP contribution in [0.5, 0.6) is 34.5 Å². The smallest absolute Gasteiger partial charge is 0.340 e. The Morgan fingerprint density at radius 2 is 0.900 bits per heavy atom. The number of hydrogen-bond donors (Lipinski definition) is 1. The molecule has 0 fully saturated rings. The average molecular weight is 1260 g/mol. The van der Waals surface area contributed by atoms with Crippen molar-refractivity contribution in [3.63, 3.8) is 0 Å². The van der Waals surface area contributed by atoms with Crippen LogP contribution in [0, 0.1) is 11.6 Å². The fourth-order valence-corrected chi connectivity index (χ4v) is 8.62. The van der Waals surface area contributed by atoms with E-state index in [2.05, 4.69) is 14.8 Å². The van der Waals surface area contributed by atoms with E-state index in [0.29, 0.717) is 0 Å². The summed E-state index contributed by atoms with van der Waals surface area (Å²) in [5.74, 6) is -14.9. The van der Waals surface area contributed by atoms with Crippen LogP contribution < -0.4 is 38.8 Å². The maximum atomic E-state index is 15.8. The molecular formula is C59H53F2N3O26. The lowest BCUT2D eigenvalue weighted by Gasteiger charge is -2.36. The Balaban J connectivity index is 1.22. The largest absolute Gasteiger partial charge is 0.488 e. The van der Waals surface area contributed by atoms with E-state index in [1.807, 2.05) is 0 Å². The summed E-state index contributed by atoms with van der Waals surface area (Å²) in [4.78, 5) is 152. The van der Waals surface area contributed by atoms with Crippen LogP contribution in [-0.2, 0) is 96.2 Å². The summed E-state index contributed by atoms with van der Waals surface area (Å²) in [5, 5.41) is 2.66. The van der Waals surface area contributed by atoms with E-state index >= 15 is 8.78 Å². The topological polar surface area (TPSA) is 353 Å². The van der Waals surface area contributed by atoms with Crippen molar-refractivity contribution in [1.82, 2.24) is 0 Å². The number of anilines is 3. The fraction of sp³-hybridized carbons (Fsp3) is 0.288. The first-order valence-corrected chi connectivity index (χ1v) is 26.4. The van der Waals surface area contributed by atoms with Crippen LogP contribution in [0.4, 0.5) is 25.8 Å². The van der Waals surface area contributed by atoms with Crippen LogP contribution in [0.3, 0.4) is 0 Å². The quantitative estimate of drug-likeness (QED) is 0.0238. The number of nitrogens with zero attached hydrogens (tertiary/aromatic N) is 2. The van der Waals surface area contributed by atoms with Gasteiger partial charge < -0.3 is 81.4 Å². The Labute approximate surface area is 507 Å². The molecule has 0 aromatic heterocycles. The van der Waals surface area contributed by atoms with Crippen LogP contribution in [0.25, 0.3) is 0 Å². The highest BCUT2D eigenvalue weighted by molar-refractivity contribution is 6.07. The second-order valence-corrected chi connectivity index (χ2v) is 18.8. The van der Waals surface area contributed by atoms with E-state index in [4.69, 9.17) is 56.8 Å². The van der Waals surface area contributed by atoms with E-state index < -0.39 is 160 Å². The first-order valence-electron chi connectivity index (χ1n) is 26.4. The SMILES string of the molecule is CC(=O)OCOC(=O)CN(CC(=O)OCOC(C)=O)c1ccccc1OCCOc1cc(NC(=O)c2ccc3c(c2)C(=O)OC32c3cc(F)c(OC(C)=O)cc3Oc3cc(OC(C)=O)c(F)cc32)ccc1N(CC(=O)OCOC(C)=O)CC(=O)OCOC(C)=O. The van der Waals surface area contributed by atoms with Gasteiger partial charge in [0.05, 0.1) is 28.1 Å². The third-order valence-electron chi connectivity index (χ3n) is 12.3. The molecule has 0 saturated heterocycles. The van der Waals surface area contributed by atoms with Crippen molar-refractivity contribution in [2.45, 2.75) is 47.1 Å². The molecule has 0 unspecified atom stereocenters. The summed E-state index contributed by atoms with van der Waals surface area (Å²) in [6.45, 7) is -0.441. The number of para-hydroxylation sites is 2. The highest BCUT2D eigenvalue weighted by atomic mass is 19.1. The zero-order chi connectivity index (χ0) is 65.4. The van der Waals surface area contributed by atoms with Gasteiger partial charge in [0.1, 0.15) is 62.4 Å². The number of carbonyl (C=O) groups excluding carboxylic acids is 12. The summed E-state index contributed by atoms with van der Waals surface area (Å²) in [6.07, 6.45) is 0. The Hall–Kier alpha value is -11.4. The van der Waals surface area contributed by atoms with E-state index in [0.717, 1.165) is 76.8 Å². The minimum absolute atomic E-state index is 0.0334. The van der Waals surface area contributed by atoms with E-state index in [9.17, 15) is 57.5 Å². The number of nitrogens with one attached hydrogen (secondary N) is 1. The predicted molar refractivity (Wildman–Crippen MR) is 294 cm³/mol. The van der Waals surface area contributed by atoms with Crippen molar-refractivity contribution in [1.29, 1.82) is 0 Å². The lowest BCUT2D eigenvalue weighted by Crippen LogP contribution is -2.37. The number of fused-ring (bicyclic) bond motifs is 6. The monoisotopic (exact) mass is 1260 g/mol. The van der Waals surface area contributed by atoms with Crippen molar-refractivity contribution < 1.29 is 133 Å². The fourth-order valence-electron chi connectivity index (χ4n) is 8.62. The van der Waals surface area contributed by atoms with Crippen molar-refractivity contribution in [2.24, 2.45) is 0 Å². The van der Waals surface area contributed by atoms with Gasteiger partial charge in [0.15, 0.2) is 28.7 Å². The number of rotatable bonds is 27. The van der Waals surface area contributed by atoms with Gasteiger partial charge in [-0.15, -0.1) is 0 Å². The summed E-state index contributed by atoms with van der Waals surface area (Å²) < 4.78 is 105. The lowest BCUT2D eigenvalue weighted by atomic mass is 9.77. The molecule has 0 aliphatic carbocycles. The highest BCUT2D eigenvalue weighted by Gasteiger charge is 2.55. The number of benzene rings is 5. The molecule has 90 heavy (non-hydrogen) atoms. The maximum absolute atomic E-state index is 15.8. The van der Waals surface area contributed by atoms with Gasteiger partial charge in [-0.05, 0) is 48.5 Å². The minimum atomic E-state index is -2.20. The second kappa shape index (κ2) is 29.8. The molecule has 0 bridgehead atoms. The molecule has 2 aliphatic rings. The molecule has 1 N–H and O–H groups in total. The van der Waals surface area contributed by atoms with Gasteiger partial charge in [0.25, 0.3) is 5.91 Å². The van der Waals surface area contributed by atoms with Crippen LogP contribution >= 0.6 is 0 Å². The number of halogens is 2. The number of hydrogen-bond acceptors (Lipinski definition) is 28. The van der Waals surface area contributed by atoms with Crippen molar-refractivity contribution in [2.75, 3.05) is 81.7 Å². The van der Waals surface area contributed by atoms with Crippen LogP contribution in [0.1, 0.15) is 78.9 Å². The number of amides is 1. The summed E-state index contributed by atoms with van der Waals surface area (Å²) in [5.41, 5.74) is -3.11. The molecule has 5 aromatic carbocycles. The molecule has 2 aliphatic heterocycles. The highest BCUT2D eigenvalue weighted by Crippen LogP contribution is 2.58. The van der Waals surface area contributed by atoms with Gasteiger partial charge in [-0.3, -0.25) is 52.7 Å². The summed E-state index contributed by atoms with van der Waals surface area (Å²) in [7, 11) is 0. The molecule has 1 spiro atoms. The number of carbonyl (C=O) groups is 12. The molecular weight excluding hydrogens is 1200 g/mol. The van der Waals surface area contributed by atoms with Crippen LogP contribution in [0.2, 0.25) is 0 Å². The molecule has 0 radical (unpaired) electrons. The molecule has 474 valence electrons. The minimum Gasteiger partial charge on any atom is -0.488 e. The molecule has 0 atom stereocenters. The maximum Gasteiger partial charge on any atom is 0.340 e. The third kappa shape index (κ3) is 17.2. The predicted octanol–water partition coefficient (Wildman–Crippen LogP) is 4.96. The lowest BCUT2D eigenvalue weighted by molar-refractivity contribution is -0.167. The van der Waals surface area contributed by atoms with Gasteiger partial charge in [-0.1, -0.05) is 18.2 Å². The van der Waals surface area contributed by atoms with Crippen LogP contribution in [-0.4, -0.2) is 138 Å². The second-order valence-electron chi connectivity index (χ2n) is 18.8. The summed E-state index contributed by atoms with van der Waals surface area (Å²) in [6, 6.07) is 17.2. The normalized spacial score (nSPS) is 11.9. The van der Waals surface area contributed by atoms with Gasteiger partial charge >= 0.3 is 65.7 Å². The molecule has 31 heteroatoms. The van der Waals surface area contributed by atoms with Gasteiger partial charge in [-0.2, -0.15) is 0 Å². The van der Waals surface area contributed by atoms with E-state index in [-0.39, 0.29) is 74.5 Å². The Morgan fingerprint density at radius 1 is 0.467 bits per heavy atom. The van der Waals surface area contributed by atoms with Gasteiger partial charge in [0, 0.05) is 76.6 Å². The first kappa shape index (κ1) is 66.1. The average Bonchev–Trinajstić information content (AvgIpc) is 1.42. The number of esters is 11. The zero-order valence-corrected chi connectivity index (χ0v) is 48.4. The third-order valence-corrected chi connectivity index (χ3v) is 12.3. The molecule has 2 heterocycles. The molecule has 7 rings (SSSR count). The molecule has 1 amide bonds. The van der Waals surface area contributed by atoms with Gasteiger partial charge in [-0.25, -0.2) is 13.6 Å². The van der Waals surface area contributed by atoms with Gasteiger partial charge in [0.2, 0.25) is 27.2 Å². The Morgan fingerprint density at radius 3 is 1.34 bits per heavy atom. The van der Waals surface area contributed by atoms with Crippen molar-refractivity contribution >= 4 is 88.6 Å². The first-order chi connectivity index (χ1) is 42.8. The molecule has 5 aromatic rings. The Kier molecular flexibility index (Phi) is 21.9. The van der Waals surface area contributed by atoms with Crippen molar-refractivity contribution in [3.8, 4) is 34.5 Å². The standard InChI is InChI=1S/C59H53F2N3O26/c1-31(65)79-27-83-53(71)23-63(24-54(72)84-28-80-32(2)66)45-9-7-8-10-47(45)77-15-16-78-52-18-38(12-14-46(52)64(25-55(73)85-29-81-33(3)67)26-56(74)86-30-82-34(4)68)62-57(75)37-11-13-40-39(17-37)58(76)90-59(40)41-19-43(60)50(87-35(5)69)21-48(41)89-49-22-51(88-36(6)70)44(61)20-42(49)59/h7-14,17-22H,15-16,23-30H2,1-6H3,(H,62,75). The summed E-state index contributed by atoms with van der Waals surface area (Å²) >= 11 is 0.